The minimum atomic E-state index is 0.190. The summed E-state index contributed by atoms with van der Waals surface area (Å²) in [5.74, 6) is 1.01. The summed E-state index contributed by atoms with van der Waals surface area (Å²) < 4.78 is 0.943. The lowest BCUT2D eigenvalue weighted by Crippen LogP contribution is -2.29. The molecule has 21 heavy (non-hydrogen) atoms. The predicted octanol–water partition coefficient (Wildman–Crippen LogP) is 1.62. The summed E-state index contributed by atoms with van der Waals surface area (Å²) in [6.45, 7) is 1.22. The number of hydrogen-bond donors (Lipinski definition) is 2. The van der Waals surface area contributed by atoms with Crippen LogP contribution in [-0.4, -0.2) is 32.5 Å². The van der Waals surface area contributed by atoms with Gasteiger partial charge in [-0.15, -0.1) is 0 Å². The standard InChI is InChI=1S/C13H15IN6O/c14-11-7-17-9-18-13(11)20(5-3-12(15)19-21)8-10-2-1-4-16-6-10/h1-2,4,6-7,9,21H,3,5,8H2,(H2,15,19). The van der Waals surface area contributed by atoms with E-state index in [9.17, 15) is 0 Å². The molecule has 3 N–H and O–H groups in total. The number of halogens is 1. The monoisotopic (exact) mass is 398 g/mol. The number of oxime groups is 1. The smallest absolute Gasteiger partial charge is 0.145 e. The Labute approximate surface area is 136 Å². The lowest BCUT2D eigenvalue weighted by Gasteiger charge is -2.24. The SMILES string of the molecule is NC(CCN(Cc1cccnc1)c1ncncc1I)=NO. The van der Waals surface area contributed by atoms with Gasteiger partial charge in [0, 0.05) is 38.1 Å². The first-order valence-corrected chi connectivity index (χ1v) is 7.34. The van der Waals surface area contributed by atoms with Crippen LogP contribution in [-0.2, 0) is 6.54 Å². The highest BCUT2D eigenvalue weighted by Gasteiger charge is 2.13. The molecular formula is C13H15IN6O. The second kappa shape index (κ2) is 7.72. The van der Waals surface area contributed by atoms with Gasteiger partial charge in [0.15, 0.2) is 0 Å². The van der Waals surface area contributed by atoms with Crippen LogP contribution in [0.2, 0.25) is 0 Å². The zero-order valence-electron chi connectivity index (χ0n) is 11.2. The molecule has 0 aliphatic carbocycles. The molecule has 0 saturated heterocycles. The van der Waals surface area contributed by atoms with Crippen LogP contribution in [0.4, 0.5) is 5.82 Å². The Kier molecular flexibility index (Phi) is 5.67. The highest BCUT2D eigenvalue weighted by atomic mass is 127. The van der Waals surface area contributed by atoms with Crippen molar-refractivity contribution in [2.24, 2.45) is 10.9 Å². The van der Waals surface area contributed by atoms with Crippen molar-refractivity contribution in [3.05, 3.63) is 46.2 Å². The molecule has 0 bridgehead atoms. The van der Waals surface area contributed by atoms with Gasteiger partial charge in [-0.25, -0.2) is 9.97 Å². The quantitative estimate of drug-likeness (QED) is 0.252. The summed E-state index contributed by atoms with van der Waals surface area (Å²) in [5, 5.41) is 11.7. The van der Waals surface area contributed by atoms with Crippen molar-refractivity contribution in [1.29, 1.82) is 0 Å². The van der Waals surface area contributed by atoms with Gasteiger partial charge in [-0.3, -0.25) is 4.98 Å². The Morgan fingerprint density at radius 1 is 1.38 bits per heavy atom. The molecule has 0 fully saturated rings. The second-order valence-corrected chi connectivity index (χ2v) is 5.48. The van der Waals surface area contributed by atoms with E-state index in [4.69, 9.17) is 10.9 Å². The normalized spacial score (nSPS) is 11.4. The Bertz CT molecular complexity index is 607. The second-order valence-electron chi connectivity index (χ2n) is 4.32. The van der Waals surface area contributed by atoms with Gasteiger partial charge in [-0.2, -0.15) is 0 Å². The van der Waals surface area contributed by atoms with E-state index in [2.05, 4.69) is 47.6 Å². The van der Waals surface area contributed by atoms with Gasteiger partial charge < -0.3 is 15.8 Å². The Hall–Kier alpha value is -1.97. The minimum Gasteiger partial charge on any atom is -0.409 e. The predicted molar refractivity (Wildman–Crippen MR) is 88.1 cm³/mol. The van der Waals surface area contributed by atoms with E-state index in [-0.39, 0.29) is 5.84 Å². The fourth-order valence-electron chi connectivity index (χ4n) is 1.81. The molecule has 0 aromatic carbocycles. The van der Waals surface area contributed by atoms with Crippen LogP contribution in [0.1, 0.15) is 12.0 Å². The number of rotatable bonds is 6. The van der Waals surface area contributed by atoms with E-state index in [1.807, 2.05) is 18.3 Å². The van der Waals surface area contributed by atoms with Crippen LogP contribution in [0.15, 0.2) is 42.2 Å². The molecule has 7 nitrogen and oxygen atoms in total. The number of aromatic nitrogens is 3. The molecule has 0 spiro atoms. The van der Waals surface area contributed by atoms with Crippen molar-refractivity contribution in [2.45, 2.75) is 13.0 Å². The molecule has 2 aromatic heterocycles. The maximum atomic E-state index is 8.67. The van der Waals surface area contributed by atoms with Crippen molar-refractivity contribution < 1.29 is 5.21 Å². The molecule has 2 heterocycles. The van der Waals surface area contributed by atoms with E-state index in [0.717, 1.165) is 15.0 Å². The summed E-state index contributed by atoms with van der Waals surface area (Å²) in [6, 6.07) is 3.89. The third-order valence-electron chi connectivity index (χ3n) is 2.81. The van der Waals surface area contributed by atoms with Crippen molar-refractivity contribution in [3.8, 4) is 0 Å². The van der Waals surface area contributed by atoms with E-state index < -0.39 is 0 Å². The zero-order chi connectivity index (χ0) is 15.1. The van der Waals surface area contributed by atoms with E-state index >= 15 is 0 Å². The molecule has 2 aromatic rings. The highest BCUT2D eigenvalue weighted by molar-refractivity contribution is 14.1. The van der Waals surface area contributed by atoms with Crippen molar-refractivity contribution >= 4 is 34.2 Å². The molecule has 2 rings (SSSR count). The molecule has 8 heteroatoms. The fraction of sp³-hybridized carbons (Fsp3) is 0.231. The Balaban J connectivity index is 2.20. The third-order valence-corrected chi connectivity index (χ3v) is 3.57. The molecule has 110 valence electrons. The number of amidine groups is 1. The number of nitrogens with zero attached hydrogens (tertiary/aromatic N) is 5. The molecule has 0 saturated carbocycles. The molecule has 0 atom stereocenters. The number of hydrogen-bond acceptors (Lipinski definition) is 6. The third kappa shape index (κ3) is 4.52. The average Bonchev–Trinajstić information content (AvgIpc) is 2.52. The summed E-state index contributed by atoms with van der Waals surface area (Å²) in [4.78, 5) is 14.5. The fourth-order valence-corrected chi connectivity index (χ4v) is 2.45. The topological polar surface area (TPSA) is 101 Å². The van der Waals surface area contributed by atoms with Gasteiger partial charge >= 0.3 is 0 Å². The summed E-state index contributed by atoms with van der Waals surface area (Å²) in [7, 11) is 0. The van der Waals surface area contributed by atoms with Crippen LogP contribution in [0.5, 0.6) is 0 Å². The largest absolute Gasteiger partial charge is 0.409 e. The minimum absolute atomic E-state index is 0.190. The molecule has 0 unspecified atom stereocenters. The summed E-state index contributed by atoms with van der Waals surface area (Å²) in [5.41, 5.74) is 6.62. The van der Waals surface area contributed by atoms with Gasteiger partial charge in [0.2, 0.25) is 0 Å². The van der Waals surface area contributed by atoms with Gasteiger partial charge in [-0.05, 0) is 34.2 Å². The van der Waals surface area contributed by atoms with Crippen molar-refractivity contribution in [3.63, 3.8) is 0 Å². The first-order chi connectivity index (χ1) is 10.2. The first-order valence-electron chi connectivity index (χ1n) is 6.26. The Morgan fingerprint density at radius 2 is 2.24 bits per heavy atom. The lowest BCUT2D eigenvalue weighted by atomic mass is 10.2. The maximum absolute atomic E-state index is 8.67. The van der Waals surface area contributed by atoms with Crippen molar-refractivity contribution in [1.82, 2.24) is 15.0 Å². The van der Waals surface area contributed by atoms with Crippen LogP contribution >= 0.6 is 22.6 Å². The van der Waals surface area contributed by atoms with Crippen LogP contribution in [0.25, 0.3) is 0 Å². The molecular weight excluding hydrogens is 383 g/mol. The van der Waals surface area contributed by atoms with Crippen LogP contribution in [0.3, 0.4) is 0 Å². The number of nitrogens with two attached hydrogens (primary N) is 1. The van der Waals surface area contributed by atoms with Gasteiger partial charge in [0.05, 0.1) is 3.57 Å². The molecule has 0 amide bonds. The molecule has 0 radical (unpaired) electrons. The summed E-state index contributed by atoms with van der Waals surface area (Å²) >= 11 is 2.19. The molecule has 0 aliphatic heterocycles. The van der Waals surface area contributed by atoms with Crippen LogP contribution < -0.4 is 10.6 Å². The molecule has 0 aliphatic rings. The van der Waals surface area contributed by atoms with E-state index in [1.54, 1.807) is 12.4 Å². The highest BCUT2D eigenvalue weighted by Crippen LogP contribution is 2.20. The Morgan fingerprint density at radius 3 is 2.90 bits per heavy atom. The lowest BCUT2D eigenvalue weighted by molar-refractivity contribution is 0.317. The van der Waals surface area contributed by atoms with Crippen LogP contribution in [0, 0.1) is 3.57 Å². The number of pyridine rings is 1. The first kappa shape index (κ1) is 15.4. The van der Waals surface area contributed by atoms with Gasteiger partial charge in [0.1, 0.15) is 18.0 Å². The number of anilines is 1. The van der Waals surface area contributed by atoms with Crippen molar-refractivity contribution in [2.75, 3.05) is 11.4 Å². The average molecular weight is 398 g/mol. The maximum Gasteiger partial charge on any atom is 0.145 e. The van der Waals surface area contributed by atoms with E-state index in [1.165, 1.54) is 6.33 Å². The summed E-state index contributed by atoms with van der Waals surface area (Å²) in [6.07, 6.45) is 7.25. The van der Waals surface area contributed by atoms with Gasteiger partial charge in [-0.1, -0.05) is 11.2 Å². The van der Waals surface area contributed by atoms with E-state index in [0.29, 0.717) is 19.5 Å². The van der Waals surface area contributed by atoms with Gasteiger partial charge in [0.25, 0.3) is 0 Å². The zero-order valence-corrected chi connectivity index (χ0v) is 13.4.